The number of thioether (sulfide) groups is 1. The number of ether oxygens (including phenoxy) is 1. The van der Waals surface area contributed by atoms with Crippen molar-refractivity contribution in [1.82, 2.24) is 19.7 Å². The van der Waals surface area contributed by atoms with Crippen molar-refractivity contribution in [2.45, 2.75) is 64.3 Å². The second-order valence-electron chi connectivity index (χ2n) is 7.83. The van der Waals surface area contributed by atoms with Gasteiger partial charge >= 0.3 is 0 Å². The zero-order chi connectivity index (χ0) is 21.5. The maximum absolute atomic E-state index is 12.7. The molecule has 1 aromatic heterocycles. The number of piperidine rings is 1. The Morgan fingerprint density at radius 3 is 2.77 bits per heavy atom. The average Bonchev–Trinajstić information content (AvgIpc) is 3.15. The highest BCUT2D eigenvalue weighted by Gasteiger charge is 2.24. The molecule has 1 aliphatic rings. The number of benzene rings is 1. The SMILES string of the molecule is CCC(CC)n1c(COc2ccccc2Cl)nnc1SCC(=O)N1CCCC(C)C1. The average molecular weight is 451 g/mol. The summed E-state index contributed by atoms with van der Waals surface area (Å²) in [7, 11) is 0. The normalized spacial score (nSPS) is 16.8. The van der Waals surface area contributed by atoms with Gasteiger partial charge in [-0.3, -0.25) is 4.79 Å². The quantitative estimate of drug-likeness (QED) is 0.490. The van der Waals surface area contributed by atoms with Gasteiger partial charge in [0, 0.05) is 19.1 Å². The van der Waals surface area contributed by atoms with Crippen LogP contribution in [-0.4, -0.2) is 44.4 Å². The molecule has 0 bridgehead atoms. The second-order valence-corrected chi connectivity index (χ2v) is 9.18. The number of halogens is 1. The first-order chi connectivity index (χ1) is 14.5. The van der Waals surface area contributed by atoms with Crippen molar-refractivity contribution in [3.63, 3.8) is 0 Å². The van der Waals surface area contributed by atoms with Gasteiger partial charge in [-0.25, -0.2) is 0 Å². The smallest absolute Gasteiger partial charge is 0.233 e. The van der Waals surface area contributed by atoms with Crippen LogP contribution < -0.4 is 4.74 Å². The lowest BCUT2D eigenvalue weighted by Crippen LogP contribution is -2.40. The molecule has 3 rings (SSSR count). The van der Waals surface area contributed by atoms with E-state index in [0.29, 0.717) is 22.4 Å². The number of carbonyl (C=O) groups is 1. The summed E-state index contributed by atoms with van der Waals surface area (Å²) in [5.41, 5.74) is 0. The summed E-state index contributed by atoms with van der Waals surface area (Å²) in [5.74, 6) is 2.53. The minimum atomic E-state index is 0.180. The van der Waals surface area contributed by atoms with Gasteiger partial charge in [0.05, 0.1) is 10.8 Å². The largest absolute Gasteiger partial charge is 0.484 e. The Morgan fingerprint density at radius 1 is 1.30 bits per heavy atom. The molecule has 0 N–H and O–H groups in total. The molecule has 8 heteroatoms. The van der Waals surface area contributed by atoms with E-state index in [-0.39, 0.29) is 18.6 Å². The summed E-state index contributed by atoms with van der Waals surface area (Å²) in [6.45, 7) is 8.52. The van der Waals surface area contributed by atoms with Crippen LogP contribution in [0.15, 0.2) is 29.4 Å². The van der Waals surface area contributed by atoms with Crippen LogP contribution in [0, 0.1) is 5.92 Å². The first-order valence-corrected chi connectivity index (χ1v) is 12.1. The highest BCUT2D eigenvalue weighted by Crippen LogP contribution is 2.29. The van der Waals surface area contributed by atoms with E-state index in [2.05, 4.69) is 35.5 Å². The maximum Gasteiger partial charge on any atom is 0.233 e. The maximum atomic E-state index is 12.7. The molecule has 1 unspecified atom stereocenters. The minimum Gasteiger partial charge on any atom is -0.484 e. The van der Waals surface area contributed by atoms with Crippen LogP contribution in [0.5, 0.6) is 5.75 Å². The van der Waals surface area contributed by atoms with Crippen molar-refractivity contribution in [2.75, 3.05) is 18.8 Å². The molecular formula is C22H31ClN4O2S. The molecule has 1 aliphatic heterocycles. The van der Waals surface area contributed by atoms with E-state index >= 15 is 0 Å². The Hall–Kier alpha value is -1.73. The van der Waals surface area contributed by atoms with Crippen molar-refractivity contribution in [3.05, 3.63) is 35.1 Å². The molecule has 0 aliphatic carbocycles. The topological polar surface area (TPSA) is 60.2 Å². The van der Waals surface area contributed by atoms with Gasteiger partial charge in [-0.15, -0.1) is 10.2 Å². The van der Waals surface area contributed by atoms with E-state index in [9.17, 15) is 4.79 Å². The van der Waals surface area contributed by atoms with Crippen molar-refractivity contribution in [2.24, 2.45) is 5.92 Å². The van der Waals surface area contributed by atoms with E-state index in [1.807, 2.05) is 23.1 Å². The predicted octanol–water partition coefficient (Wildman–Crippen LogP) is 5.22. The highest BCUT2D eigenvalue weighted by molar-refractivity contribution is 7.99. The van der Waals surface area contributed by atoms with E-state index in [1.54, 1.807) is 6.07 Å². The van der Waals surface area contributed by atoms with Crippen LogP contribution in [0.3, 0.4) is 0 Å². The lowest BCUT2D eigenvalue weighted by molar-refractivity contribution is -0.130. The van der Waals surface area contributed by atoms with Crippen LogP contribution in [0.25, 0.3) is 0 Å². The summed E-state index contributed by atoms with van der Waals surface area (Å²) >= 11 is 7.68. The molecule has 0 radical (unpaired) electrons. The van der Waals surface area contributed by atoms with Crippen LogP contribution in [0.2, 0.25) is 5.02 Å². The summed E-state index contributed by atoms with van der Waals surface area (Å²) in [6, 6.07) is 7.67. The van der Waals surface area contributed by atoms with E-state index < -0.39 is 0 Å². The number of hydrogen-bond acceptors (Lipinski definition) is 5. The van der Waals surface area contributed by atoms with Gasteiger partial charge in [0.2, 0.25) is 5.91 Å². The van der Waals surface area contributed by atoms with E-state index in [1.165, 1.54) is 18.2 Å². The van der Waals surface area contributed by atoms with Gasteiger partial charge in [0.15, 0.2) is 11.0 Å². The van der Waals surface area contributed by atoms with Crippen molar-refractivity contribution in [1.29, 1.82) is 0 Å². The fourth-order valence-electron chi connectivity index (χ4n) is 3.86. The van der Waals surface area contributed by atoms with Gasteiger partial charge in [0.25, 0.3) is 0 Å². The Labute approximate surface area is 188 Å². The molecular weight excluding hydrogens is 420 g/mol. The molecule has 2 aromatic rings. The molecule has 2 heterocycles. The van der Waals surface area contributed by atoms with Gasteiger partial charge in [0.1, 0.15) is 12.4 Å². The fraction of sp³-hybridized carbons (Fsp3) is 0.591. The number of likely N-dealkylation sites (tertiary alicyclic amines) is 1. The zero-order valence-electron chi connectivity index (χ0n) is 18.0. The van der Waals surface area contributed by atoms with Crippen LogP contribution in [-0.2, 0) is 11.4 Å². The molecule has 1 aromatic carbocycles. The number of nitrogens with zero attached hydrogens (tertiary/aromatic N) is 4. The number of carbonyl (C=O) groups excluding carboxylic acids is 1. The molecule has 1 atom stereocenters. The molecule has 164 valence electrons. The Morgan fingerprint density at radius 2 is 2.07 bits per heavy atom. The first kappa shape index (κ1) is 22.9. The van der Waals surface area contributed by atoms with Crippen LogP contribution >= 0.6 is 23.4 Å². The third kappa shape index (κ3) is 5.70. The number of hydrogen-bond donors (Lipinski definition) is 0. The highest BCUT2D eigenvalue weighted by atomic mass is 35.5. The monoisotopic (exact) mass is 450 g/mol. The van der Waals surface area contributed by atoms with Gasteiger partial charge < -0.3 is 14.2 Å². The first-order valence-electron chi connectivity index (χ1n) is 10.7. The summed E-state index contributed by atoms with van der Waals surface area (Å²) in [6.07, 6.45) is 4.21. The van der Waals surface area contributed by atoms with E-state index in [4.69, 9.17) is 16.3 Å². The van der Waals surface area contributed by atoms with Crippen LogP contribution in [0.4, 0.5) is 0 Å². The van der Waals surface area contributed by atoms with E-state index in [0.717, 1.165) is 43.3 Å². The summed E-state index contributed by atoms with van der Waals surface area (Å²) in [4.78, 5) is 14.7. The molecule has 0 saturated carbocycles. The van der Waals surface area contributed by atoms with Gasteiger partial charge in [-0.1, -0.05) is 56.3 Å². The van der Waals surface area contributed by atoms with Crippen molar-refractivity contribution < 1.29 is 9.53 Å². The Bertz CT molecular complexity index is 840. The third-order valence-corrected chi connectivity index (χ3v) is 6.81. The molecule has 1 amide bonds. The number of aromatic nitrogens is 3. The summed E-state index contributed by atoms with van der Waals surface area (Å²) < 4.78 is 8.04. The number of rotatable bonds is 9. The molecule has 6 nitrogen and oxygen atoms in total. The lowest BCUT2D eigenvalue weighted by atomic mass is 10.0. The van der Waals surface area contributed by atoms with Crippen LogP contribution in [0.1, 0.15) is 58.3 Å². The molecule has 30 heavy (non-hydrogen) atoms. The minimum absolute atomic E-state index is 0.180. The molecule has 0 spiro atoms. The number of amides is 1. The van der Waals surface area contributed by atoms with Crippen molar-refractivity contribution >= 4 is 29.3 Å². The fourth-order valence-corrected chi connectivity index (χ4v) is 4.98. The third-order valence-electron chi connectivity index (χ3n) is 5.57. The second kappa shape index (κ2) is 11.0. The number of para-hydroxylation sites is 1. The lowest BCUT2D eigenvalue weighted by Gasteiger charge is -2.30. The summed E-state index contributed by atoms with van der Waals surface area (Å²) in [5, 5.41) is 10.1. The van der Waals surface area contributed by atoms with Crippen molar-refractivity contribution in [3.8, 4) is 5.75 Å². The van der Waals surface area contributed by atoms with Gasteiger partial charge in [-0.05, 0) is 43.7 Å². The molecule has 1 saturated heterocycles. The Kier molecular flexibility index (Phi) is 8.45. The molecule has 1 fully saturated rings. The predicted molar refractivity (Wildman–Crippen MR) is 121 cm³/mol. The van der Waals surface area contributed by atoms with Gasteiger partial charge in [-0.2, -0.15) is 0 Å². The zero-order valence-corrected chi connectivity index (χ0v) is 19.6. The standard InChI is InChI=1S/C22H31ClN4O2S/c1-4-17(5-2)27-20(14-29-19-11-7-6-10-18(19)23)24-25-22(27)30-15-21(28)26-12-8-9-16(3)13-26/h6-7,10-11,16-17H,4-5,8-9,12-15H2,1-3H3. The Balaban J connectivity index is 1.70.